The van der Waals surface area contributed by atoms with Crippen LogP contribution in [0.5, 0.6) is 0 Å². The van der Waals surface area contributed by atoms with Gasteiger partial charge < -0.3 is 21.1 Å². The second kappa shape index (κ2) is 32.4. The number of carbonyl (C=O) groups is 1. The molecule has 9 heteroatoms. The minimum Gasteiger partial charge on any atom is -0.391 e. The van der Waals surface area contributed by atoms with Crippen molar-refractivity contribution in [1.82, 2.24) is 5.32 Å². The Morgan fingerprint density at radius 3 is 1.45 bits per heavy atom. The SMILES string of the molecule is CCCCCCCCCCCCCCCCC[C@@H](O)[C@H](COP(=O)(O)OCCN)NC(=O)CCCCCCCCCCCC. The van der Waals surface area contributed by atoms with Crippen molar-refractivity contribution >= 4 is 13.7 Å². The van der Waals surface area contributed by atoms with E-state index in [1.807, 2.05) is 0 Å². The maximum absolute atomic E-state index is 12.6. The molecule has 0 aliphatic heterocycles. The second-order valence-corrected chi connectivity index (χ2v) is 14.3. The van der Waals surface area contributed by atoms with Crippen LogP contribution in [0.4, 0.5) is 0 Å². The molecule has 0 fully saturated rings. The zero-order valence-corrected chi connectivity index (χ0v) is 29.8. The Kier molecular flexibility index (Phi) is 32.1. The first kappa shape index (κ1) is 43.5. The zero-order chi connectivity index (χ0) is 32.6. The standard InChI is InChI=1S/C35H73N2O6P/c1-3-5-7-9-11-13-15-16-17-18-19-20-22-24-26-28-34(38)33(32-43-44(40,41)42-31-30-36)37-35(39)29-27-25-23-21-14-12-10-8-6-4-2/h33-34,38H,3-32,36H2,1-2H3,(H,37,39)(H,40,41)/t33-,34+/m0/s1. The van der Waals surface area contributed by atoms with Gasteiger partial charge in [-0.3, -0.25) is 13.8 Å². The van der Waals surface area contributed by atoms with Crippen LogP contribution in [0.25, 0.3) is 0 Å². The summed E-state index contributed by atoms with van der Waals surface area (Å²) in [5, 5.41) is 13.7. The average Bonchev–Trinajstić information content (AvgIpc) is 3.01. The van der Waals surface area contributed by atoms with Gasteiger partial charge in [-0.2, -0.15) is 0 Å². The number of aliphatic hydroxyl groups is 1. The first-order chi connectivity index (χ1) is 21.4. The Morgan fingerprint density at radius 2 is 1.05 bits per heavy atom. The Bertz CT molecular complexity index is 669. The van der Waals surface area contributed by atoms with E-state index in [4.69, 9.17) is 14.8 Å². The van der Waals surface area contributed by atoms with Gasteiger partial charge in [0.2, 0.25) is 5.91 Å². The van der Waals surface area contributed by atoms with E-state index >= 15 is 0 Å². The topological polar surface area (TPSA) is 131 Å². The highest BCUT2D eigenvalue weighted by molar-refractivity contribution is 7.47. The molecule has 0 aromatic carbocycles. The van der Waals surface area contributed by atoms with Gasteiger partial charge in [0, 0.05) is 13.0 Å². The largest absolute Gasteiger partial charge is 0.472 e. The van der Waals surface area contributed by atoms with Crippen molar-refractivity contribution in [3.8, 4) is 0 Å². The minimum absolute atomic E-state index is 0.0920. The van der Waals surface area contributed by atoms with E-state index in [2.05, 4.69) is 19.2 Å². The second-order valence-electron chi connectivity index (χ2n) is 12.8. The van der Waals surface area contributed by atoms with Crippen molar-refractivity contribution in [2.45, 2.75) is 199 Å². The molecular weight excluding hydrogens is 575 g/mol. The van der Waals surface area contributed by atoms with Crippen LogP contribution in [0, 0.1) is 0 Å². The molecule has 0 bridgehead atoms. The lowest BCUT2D eigenvalue weighted by Gasteiger charge is -2.25. The van der Waals surface area contributed by atoms with Gasteiger partial charge >= 0.3 is 7.82 Å². The van der Waals surface area contributed by atoms with Crippen LogP contribution in [0.15, 0.2) is 0 Å². The van der Waals surface area contributed by atoms with E-state index in [1.165, 1.54) is 122 Å². The number of carbonyl (C=O) groups excluding carboxylic acids is 1. The molecule has 264 valence electrons. The number of phosphoric ester groups is 1. The summed E-state index contributed by atoms with van der Waals surface area (Å²) in [5.74, 6) is -0.163. The number of phosphoric acid groups is 1. The number of hydrogen-bond acceptors (Lipinski definition) is 6. The predicted molar refractivity (Wildman–Crippen MR) is 185 cm³/mol. The normalized spacial score (nSPS) is 14.4. The molecule has 5 N–H and O–H groups in total. The highest BCUT2D eigenvalue weighted by Crippen LogP contribution is 2.43. The van der Waals surface area contributed by atoms with Gasteiger partial charge in [0.25, 0.3) is 0 Å². The molecule has 0 aliphatic rings. The summed E-state index contributed by atoms with van der Waals surface area (Å²) < 4.78 is 22.0. The third-order valence-corrected chi connectivity index (χ3v) is 9.45. The van der Waals surface area contributed by atoms with Crippen molar-refractivity contribution in [3.63, 3.8) is 0 Å². The first-order valence-electron chi connectivity index (χ1n) is 18.7. The molecule has 0 aromatic rings. The summed E-state index contributed by atoms with van der Waals surface area (Å²) in [6.45, 7) is 4.19. The van der Waals surface area contributed by atoms with Crippen LogP contribution in [0.1, 0.15) is 187 Å². The van der Waals surface area contributed by atoms with E-state index in [-0.39, 0.29) is 25.7 Å². The zero-order valence-electron chi connectivity index (χ0n) is 28.9. The maximum atomic E-state index is 12.6. The fourth-order valence-corrected chi connectivity index (χ4v) is 6.37. The number of nitrogens with two attached hydrogens (primary N) is 1. The van der Waals surface area contributed by atoms with Gasteiger partial charge in [-0.1, -0.05) is 168 Å². The van der Waals surface area contributed by atoms with Crippen LogP contribution in [-0.2, 0) is 18.4 Å². The van der Waals surface area contributed by atoms with E-state index in [1.54, 1.807) is 0 Å². The number of amides is 1. The Labute approximate surface area is 272 Å². The maximum Gasteiger partial charge on any atom is 0.472 e. The van der Waals surface area contributed by atoms with Crippen LogP contribution in [0.3, 0.4) is 0 Å². The van der Waals surface area contributed by atoms with E-state index < -0.39 is 20.0 Å². The molecular formula is C35H73N2O6P. The molecule has 8 nitrogen and oxygen atoms in total. The summed E-state index contributed by atoms with van der Waals surface area (Å²) in [6, 6.07) is -0.765. The van der Waals surface area contributed by atoms with Crippen LogP contribution >= 0.6 is 7.82 Å². The molecule has 0 saturated heterocycles. The van der Waals surface area contributed by atoms with E-state index in [9.17, 15) is 19.4 Å². The van der Waals surface area contributed by atoms with Crippen molar-refractivity contribution in [3.05, 3.63) is 0 Å². The highest BCUT2D eigenvalue weighted by Gasteiger charge is 2.27. The molecule has 0 aromatic heterocycles. The minimum atomic E-state index is -4.30. The predicted octanol–water partition coefficient (Wildman–Crippen LogP) is 9.50. The molecule has 1 unspecified atom stereocenters. The fourth-order valence-electron chi connectivity index (χ4n) is 5.61. The van der Waals surface area contributed by atoms with Gasteiger partial charge in [-0.15, -0.1) is 0 Å². The molecule has 0 rings (SSSR count). The van der Waals surface area contributed by atoms with Gasteiger partial charge in [0.05, 0.1) is 25.4 Å². The quantitative estimate of drug-likeness (QED) is 0.0398. The highest BCUT2D eigenvalue weighted by atomic mass is 31.2. The number of hydrogen-bond donors (Lipinski definition) is 4. The molecule has 0 spiro atoms. The van der Waals surface area contributed by atoms with Gasteiger partial charge in [-0.05, 0) is 12.8 Å². The lowest BCUT2D eigenvalue weighted by atomic mass is 10.0. The van der Waals surface area contributed by atoms with Crippen LogP contribution < -0.4 is 11.1 Å². The Morgan fingerprint density at radius 1 is 0.659 bits per heavy atom. The van der Waals surface area contributed by atoms with Crippen molar-refractivity contribution < 1.29 is 28.4 Å². The lowest BCUT2D eigenvalue weighted by Crippen LogP contribution is -2.46. The van der Waals surface area contributed by atoms with E-state index in [0.29, 0.717) is 12.8 Å². The smallest absolute Gasteiger partial charge is 0.391 e. The third-order valence-electron chi connectivity index (χ3n) is 8.46. The van der Waals surface area contributed by atoms with Gasteiger partial charge in [-0.25, -0.2) is 4.57 Å². The monoisotopic (exact) mass is 649 g/mol. The molecule has 44 heavy (non-hydrogen) atoms. The molecule has 3 atom stereocenters. The molecule has 0 saturated carbocycles. The first-order valence-corrected chi connectivity index (χ1v) is 20.1. The molecule has 0 aliphatic carbocycles. The van der Waals surface area contributed by atoms with Crippen LogP contribution in [-0.4, -0.2) is 47.8 Å². The summed E-state index contributed by atoms with van der Waals surface area (Å²) in [6.07, 6.45) is 31.0. The van der Waals surface area contributed by atoms with Gasteiger partial charge in [0.1, 0.15) is 0 Å². The van der Waals surface area contributed by atoms with Gasteiger partial charge in [0.15, 0.2) is 0 Å². The summed E-state index contributed by atoms with van der Waals surface area (Å²) >= 11 is 0. The molecule has 0 radical (unpaired) electrons. The van der Waals surface area contributed by atoms with Crippen molar-refractivity contribution in [2.24, 2.45) is 5.73 Å². The lowest BCUT2D eigenvalue weighted by molar-refractivity contribution is -0.123. The number of unbranched alkanes of at least 4 members (excludes halogenated alkanes) is 23. The van der Waals surface area contributed by atoms with E-state index in [0.717, 1.165) is 38.5 Å². The van der Waals surface area contributed by atoms with Crippen molar-refractivity contribution in [2.75, 3.05) is 19.8 Å². The molecule has 1 amide bonds. The summed E-state index contributed by atoms with van der Waals surface area (Å²) in [4.78, 5) is 22.5. The summed E-state index contributed by atoms with van der Waals surface area (Å²) in [5.41, 5.74) is 5.35. The van der Waals surface area contributed by atoms with Crippen molar-refractivity contribution in [1.29, 1.82) is 0 Å². The van der Waals surface area contributed by atoms with Crippen LogP contribution in [0.2, 0.25) is 0 Å². The number of aliphatic hydroxyl groups excluding tert-OH is 1. The third kappa shape index (κ3) is 30.2. The Balaban J connectivity index is 4.22. The summed E-state index contributed by atoms with van der Waals surface area (Å²) in [7, 11) is -4.30. The average molecular weight is 649 g/mol. The number of nitrogens with one attached hydrogen (secondary N) is 1. The molecule has 0 heterocycles. The number of rotatable bonds is 35. The fraction of sp³-hybridized carbons (Fsp3) is 0.971. The Hall–Kier alpha value is -0.500.